The van der Waals surface area contributed by atoms with Crippen molar-refractivity contribution < 1.29 is 21.5 Å². The molecule has 0 aliphatic heterocycles. The van der Waals surface area contributed by atoms with E-state index in [9.17, 15) is 0 Å². The van der Waals surface area contributed by atoms with Gasteiger partial charge in [-0.3, -0.25) is 0 Å². The summed E-state index contributed by atoms with van der Waals surface area (Å²) in [6.45, 7) is 0. The largest absolute Gasteiger partial charge is 0.665 e. The van der Waals surface area contributed by atoms with Crippen LogP contribution in [-0.2, 0) is 16.8 Å². The summed E-state index contributed by atoms with van der Waals surface area (Å²) in [5.41, 5.74) is 0. The Balaban J connectivity index is 0.000000980. The Morgan fingerprint density at radius 1 is 1.00 bits per heavy atom. The number of halogens is 1. The first kappa shape index (κ1) is 11.4. The molecule has 0 saturated carbocycles. The first-order chi connectivity index (χ1) is 6.29. The van der Waals surface area contributed by atoms with E-state index in [1.807, 2.05) is 36.4 Å². The van der Waals surface area contributed by atoms with E-state index in [0.717, 1.165) is 21.5 Å². The zero-order valence-electron chi connectivity index (χ0n) is 7.29. The van der Waals surface area contributed by atoms with Crippen molar-refractivity contribution in [2.24, 2.45) is 0 Å². The molecule has 1 nitrogen and oxygen atoms in total. The van der Waals surface area contributed by atoms with E-state index >= 15 is 0 Å². The van der Waals surface area contributed by atoms with E-state index in [-0.39, 0.29) is 16.8 Å². The van der Waals surface area contributed by atoms with Gasteiger partial charge in [0.25, 0.3) is 0 Å². The van der Waals surface area contributed by atoms with Crippen molar-refractivity contribution in [3.05, 3.63) is 48.5 Å². The number of benzene rings is 2. The van der Waals surface area contributed by atoms with E-state index in [0.29, 0.717) is 0 Å². The minimum Gasteiger partial charge on any atom is -0.665 e. The Labute approximate surface area is 98.2 Å². The van der Waals surface area contributed by atoms with Crippen LogP contribution in [0.25, 0.3) is 10.8 Å². The third-order valence-electron chi connectivity index (χ3n) is 1.94. The molecule has 14 heavy (non-hydrogen) atoms. The molecule has 3 heteroatoms. The first-order valence-corrected chi connectivity index (χ1v) is 4.29. The third kappa shape index (κ3) is 2.21. The fourth-order valence-corrected chi connectivity index (χ4v) is 1.47. The van der Waals surface area contributed by atoms with E-state index in [1.54, 1.807) is 0 Å². The molecule has 2 rings (SSSR count). The summed E-state index contributed by atoms with van der Waals surface area (Å²) in [6, 6.07) is 11.5. The second-order valence-corrected chi connectivity index (χ2v) is 3.23. The van der Waals surface area contributed by atoms with Crippen LogP contribution in [0.4, 0.5) is 0 Å². The van der Waals surface area contributed by atoms with Crippen LogP contribution in [0.15, 0.2) is 36.4 Å². The number of hydrogen-bond donors (Lipinski definition) is 0. The van der Waals surface area contributed by atoms with Crippen LogP contribution in [0.5, 0.6) is 5.75 Å². The summed E-state index contributed by atoms with van der Waals surface area (Å²) < 4.78 is 4.87. The van der Waals surface area contributed by atoms with Crippen LogP contribution in [0.3, 0.4) is 0 Å². The van der Waals surface area contributed by atoms with Gasteiger partial charge < -0.3 is 4.74 Å². The molecule has 0 N–H and O–H groups in total. The maximum Gasteiger partial charge on any atom is 0.0849 e. The van der Waals surface area contributed by atoms with Crippen molar-refractivity contribution in [1.82, 2.24) is 0 Å². The minimum atomic E-state index is 0. The van der Waals surface area contributed by atoms with Crippen LogP contribution in [0.1, 0.15) is 0 Å². The van der Waals surface area contributed by atoms with Gasteiger partial charge in [0.15, 0.2) is 0 Å². The van der Waals surface area contributed by atoms with E-state index in [2.05, 4.69) is 7.11 Å². The standard InChI is InChI=1S/C11H8ClO.Co/c1-13-11-5-3-8-2-4-10(12)6-9(8)7-11;/h2-7H,1H2;/q-1;. The third-order valence-corrected chi connectivity index (χ3v) is 2.18. The fraction of sp³-hybridized carbons (Fsp3) is 0. The van der Waals surface area contributed by atoms with E-state index in [1.165, 1.54) is 0 Å². The summed E-state index contributed by atoms with van der Waals surface area (Å²) in [5.74, 6) is 0.745. The number of ether oxygens (including phenoxy) is 1. The van der Waals surface area contributed by atoms with Crippen LogP contribution in [0, 0.1) is 7.11 Å². The maximum absolute atomic E-state index is 5.86. The molecule has 0 aliphatic rings. The summed E-state index contributed by atoms with van der Waals surface area (Å²) in [5, 5.41) is 2.94. The quantitative estimate of drug-likeness (QED) is 0.702. The molecule has 0 bridgehead atoms. The average Bonchev–Trinajstić information content (AvgIpc) is 2.16. The molecule has 2 aromatic rings. The van der Waals surface area contributed by atoms with Gasteiger partial charge in [-0.15, -0.1) is 0 Å². The molecule has 2 aromatic carbocycles. The van der Waals surface area contributed by atoms with Gasteiger partial charge in [0.05, 0.1) is 5.75 Å². The molecular weight excluding hydrogens is 243 g/mol. The molecule has 0 heterocycles. The molecule has 0 unspecified atom stereocenters. The molecule has 0 amide bonds. The Kier molecular flexibility index (Phi) is 3.81. The topological polar surface area (TPSA) is 9.23 Å². The molecular formula is C11H8ClCoO-. The maximum atomic E-state index is 5.86. The van der Waals surface area contributed by atoms with Crippen LogP contribution in [-0.4, -0.2) is 0 Å². The van der Waals surface area contributed by atoms with Gasteiger partial charge in [-0.05, 0) is 35.0 Å². The molecule has 75 valence electrons. The second kappa shape index (κ2) is 4.69. The van der Waals surface area contributed by atoms with Gasteiger partial charge in [-0.2, -0.15) is 7.11 Å². The Hall–Kier alpha value is -0.704. The van der Waals surface area contributed by atoms with Crippen molar-refractivity contribution in [3.8, 4) is 5.75 Å². The Morgan fingerprint density at radius 2 is 1.71 bits per heavy atom. The number of fused-ring (bicyclic) bond motifs is 1. The van der Waals surface area contributed by atoms with Gasteiger partial charge in [0.1, 0.15) is 0 Å². The van der Waals surface area contributed by atoms with Gasteiger partial charge in [0, 0.05) is 21.8 Å². The average molecular weight is 251 g/mol. The van der Waals surface area contributed by atoms with Crippen molar-refractivity contribution >= 4 is 22.4 Å². The fourth-order valence-electron chi connectivity index (χ4n) is 1.29. The molecule has 0 aliphatic carbocycles. The predicted octanol–water partition coefficient (Wildman–Crippen LogP) is 3.66. The normalized spacial score (nSPS) is 9.57. The Morgan fingerprint density at radius 3 is 2.43 bits per heavy atom. The van der Waals surface area contributed by atoms with E-state index in [4.69, 9.17) is 16.3 Å². The second-order valence-electron chi connectivity index (χ2n) is 2.80. The van der Waals surface area contributed by atoms with Gasteiger partial charge in [-0.25, -0.2) is 0 Å². The van der Waals surface area contributed by atoms with Crippen LogP contribution >= 0.6 is 11.6 Å². The van der Waals surface area contributed by atoms with E-state index < -0.39 is 0 Å². The zero-order valence-corrected chi connectivity index (χ0v) is 9.09. The first-order valence-electron chi connectivity index (χ1n) is 3.91. The Bertz CT molecular complexity index is 442. The zero-order chi connectivity index (χ0) is 9.26. The summed E-state index contributed by atoms with van der Waals surface area (Å²) in [7, 11) is 3.35. The molecule has 0 atom stereocenters. The predicted molar refractivity (Wildman–Crippen MR) is 54.9 cm³/mol. The van der Waals surface area contributed by atoms with Crippen molar-refractivity contribution in [3.63, 3.8) is 0 Å². The molecule has 0 spiro atoms. The van der Waals surface area contributed by atoms with Crippen molar-refractivity contribution in [2.45, 2.75) is 0 Å². The molecule has 0 fully saturated rings. The number of hydrogen-bond acceptors (Lipinski definition) is 1. The SMILES string of the molecule is [CH2-]Oc1ccc2ccc(Cl)cc2c1.[Co]. The van der Waals surface area contributed by atoms with Gasteiger partial charge in [0.2, 0.25) is 0 Å². The van der Waals surface area contributed by atoms with Gasteiger partial charge >= 0.3 is 0 Å². The summed E-state index contributed by atoms with van der Waals surface area (Å²) in [6.07, 6.45) is 0. The minimum absolute atomic E-state index is 0. The monoisotopic (exact) mass is 250 g/mol. The van der Waals surface area contributed by atoms with Crippen LogP contribution < -0.4 is 4.74 Å². The smallest absolute Gasteiger partial charge is 0.0849 e. The van der Waals surface area contributed by atoms with Crippen LogP contribution in [0.2, 0.25) is 5.02 Å². The number of rotatable bonds is 1. The van der Waals surface area contributed by atoms with Gasteiger partial charge in [-0.1, -0.05) is 23.7 Å². The van der Waals surface area contributed by atoms with Crippen molar-refractivity contribution in [2.75, 3.05) is 0 Å². The van der Waals surface area contributed by atoms with Crippen molar-refractivity contribution in [1.29, 1.82) is 0 Å². The molecule has 0 aromatic heterocycles. The molecule has 0 saturated heterocycles. The molecule has 1 radical (unpaired) electrons. The summed E-state index contributed by atoms with van der Waals surface area (Å²) >= 11 is 5.86. The summed E-state index contributed by atoms with van der Waals surface area (Å²) in [4.78, 5) is 0.